The van der Waals surface area contributed by atoms with Gasteiger partial charge in [-0.15, -0.1) is 11.3 Å². The zero-order valence-electron chi connectivity index (χ0n) is 14.2. The molecular formula is C17H25N3O2S. The summed E-state index contributed by atoms with van der Waals surface area (Å²) in [5, 5.41) is 15.8. The zero-order chi connectivity index (χ0) is 17.0. The average Bonchev–Trinajstić information content (AvgIpc) is 3.14. The van der Waals surface area contributed by atoms with E-state index in [1.807, 2.05) is 29.9 Å². The van der Waals surface area contributed by atoms with Crippen LogP contribution in [0.25, 0.3) is 5.13 Å². The zero-order valence-corrected chi connectivity index (χ0v) is 15.0. The number of hydrogen-bond donors (Lipinski definition) is 2. The Labute approximate surface area is 141 Å². The number of aromatic nitrogens is 2. The largest absolute Gasteiger partial charge is 0.391 e. The van der Waals surface area contributed by atoms with E-state index < -0.39 is 6.10 Å². The molecule has 23 heavy (non-hydrogen) atoms. The van der Waals surface area contributed by atoms with Gasteiger partial charge in [0.1, 0.15) is 0 Å². The Morgan fingerprint density at radius 3 is 2.65 bits per heavy atom. The highest BCUT2D eigenvalue weighted by molar-refractivity contribution is 7.12. The summed E-state index contributed by atoms with van der Waals surface area (Å²) in [5.74, 6) is 0.0731. The first kappa shape index (κ1) is 17.7. The number of nitrogens with one attached hydrogen (secondary N) is 1. The first-order chi connectivity index (χ1) is 11.0. The Balaban J connectivity index is 2.10. The minimum Gasteiger partial charge on any atom is -0.391 e. The standard InChI is InChI=1S/C17H25N3O2S/c1-5-13(6-2)15(21)10-19-16(22)14-9-11(3)20(12(14)4)17-18-7-8-23-17/h7-9,13,15,21H,5-6,10H2,1-4H3,(H,19,22). The molecule has 2 aromatic rings. The quantitative estimate of drug-likeness (QED) is 0.817. The smallest absolute Gasteiger partial charge is 0.253 e. The van der Waals surface area contributed by atoms with E-state index in [0.29, 0.717) is 5.56 Å². The van der Waals surface area contributed by atoms with Gasteiger partial charge in [0.05, 0.1) is 11.7 Å². The van der Waals surface area contributed by atoms with Crippen molar-refractivity contribution in [3.8, 4) is 5.13 Å². The second-order valence-electron chi connectivity index (χ2n) is 5.79. The molecular weight excluding hydrogens is 310 g/mol. The van der Waals surface area contributed by atoms with E-state index in [0.717, 1.165) is 29.4 Å². The second kappa shape index (κ2) is 7.75. The van der Waals surface area contributed by atoms with Gasteiger partial charge in [-0.25, -0.2) is 4.98 Å². The molecule has 1 unspecified atom stereocenters. The van der Waals surface area contributed by atoms with Crippen molar-refractivity contribution in [3.05, 3.63) is 34.6 Å². The fourth-order valence-electron chi connectivity index (χ4n) is 2.91. The second-order valence-corrected chi connectivity index (χ2v) is 6.66. The lowest BCUT2D eigenvalue weighted by Gasteiger charge is -2.20. The van der Waals surface area contributed by atoms with Crippen molar-refractivity contribution in [1.29, 1.82) is 0 Å². The molecule has 0 fully saturated rings. The topological polar surface area (TPSA) is 67.2 Å². The van der Waals surface area contributed by atoms with Gasteiger partial charge < -0.3 is 10.4 Å². The number of amides is 1. The summed E-state index contributed by atoms with van der Waals surface area (Å²) in [6.45, 7) is 8.28. The van der Waals surface area contributed by atoms with Crippen LogP contribution < -0.4 is 5.32 Å². The van der Waals surface area contributed by atoms with Gasteiger partial charge >= 0.3 is 0 Å². The molecule has 1 amide bonds. The van der Waals surface area contributed by atoms with E-state index in [1.165, 1.54) is 11.3 Å². The first-order valence-electron chi connectivity index (χ1n) is 8.04. The minimum atomic E-state index is -0.503. The Morgan fingerprint density at radius 1 is 1.39 bits per heavy atom. The van der Waals surface area contributed by atoms with Crippen molar-refractivity contribution in [3.63, 3.8) is 0 Å². The third-order valence-electron chi connectivity index (χ3n) is 4.35. The Hall–Kier alpha value is -1.66. The summed E-state index contributed by atoms with van der Waals surface area (Å²) in [6.07, 6.45) is 3.07. The first-order valence-corrected chi connectivity index (χ1v) is 8.92. The van der Waals surface area contributed by atoms with Crippen molar-refractivity contribution < 1.29 is 9.90 Å². The van der Waals surface area contributed by atoms with Gasteiger partial charge in [-0.2, -0.15) is 0 Å². The van der Waals surface area contributed by atoms with Crippen molar-refractivity contribution in [2.75, 3.05) is 6.54 Å². The molecule has 2 N–H and O–H groups in total. The van der Waals surface area contributed by atoms with Crippen LogP contribution in [0.2, 0.25) is 0 Å². The van der Waals surface area contributed by atoms with E-state index in [4.69, 9.17) is 0 Å². The molecule has 0 aromatic carbocycles. The van der Waals surface area contributed by atoms with Gasteiger partial charge in [0, 0.05) is 29.5 Å². The highest BCUT2D eigenvalue weighted by Crippen LogP contribution is 2.22. The number of carbonyl (C=O) groups excluding carboxylic acids is 1. The van der Waals surface area contributed by atoms with Crippen molar-refractivity contribution in [2.24, 2.45) is 5.92 Å². The van der Waals surface area contributed by atoms with E-state index in [1.54, 1.807) is 6.20 Å². The normalized spacial score (nSPS) is 12.6. The maximum atomic E-state index is 12.5. The van der Waals surface area contributed by atoms with Crippen molar-refractivity contribution >= 4 is 17.2 Å². The van der Waals surface area contributed by atoms with E-state index in [9.17, 15) is 9.90 Å². The maximum absolute atomic E-state index is 12.5. The van der Waals surface area contributed by atoms with Gasteiger partial charge in [-0.05, 0) is 25.8 Å². The molecule has 6 heteroatoms. The number of hydrogen-bond acceptors (Lipinski definition) is 4. The van der Waals surface area contributed by atoms with E-state index >= 15 is 0 Å². The third kappa shape index (κ3) is 3.82. The lowest BCUT2D eigenvalue weighted by molar-refractivity contribution is 0.0816. The lowest BCUT2D eigenvalue weighted by Crippen LogP contribution is -2.36. The van der Waals surface area contributed by atoms with Crippen LogP contribution in [0.5, 0.6) is 0 Å². The van der Waals surface area contributed by atoms with Crippen LogP contribution in [0.4, 0.5) is 0 Å². The molecule has 2 aromatic heterocycles. The van der Waals surface area contributed by atoms with Gasteiger partial charge in [0.15, 0.2) is 5.13 Å². The minimum absolute atomic E-state index is 0.147. The summed E-state index contributed by atoms with van der Waals surface area (Å²) in [7, 11) is 0. The molecule has 2 rings (SSSR count). The van der Waals surface area contributed by atoms with Gasteiger partial charge in [-0.1, -0.05) is 26.7 Å². The summed E-state index contributed by atoms with van der Waals surface area (Å²) in [4.78, 5) is 16.8. The van der Waals surface area contributed by atoms with Gasteiger partial charge in [0.2, 0.25) is 0 Å². The molecule has 1 atom stereocenters. The number of thiazole rings is 1. The maximum Gasteiger partial charge on any atom is 0.253 e. The van der Waals surface area contributed by atoms with E-state index in [-0.39, 0.29) is 18.4 Å². The van der Waals surface area contributed by atoms with Crippen LogP contribution in [0.3, 0.4) is 0 Å². The Kier molecular flexibility index (Phi) is 5.96. The number of aliphatic hydroxyl groups excluding tert-OH is 1. The molecule has 5 nitrogen and oxygen atoms in total. The molecule has 2 heterocycles. The Morgan fingerprint density at radius 2 is 2.09 bits per heavy atom. The highest BCUT2D eigenvalue weighted by Gasteiger charge is 2.20. The van der Waals surface area contributed by atoms with Crippen LogP contribution in [0, 0.1) is 19.8 Å². The van der Waals surface area contributed by atoms with Crippen LogP contribution in [-0.2, 0) is 0 Å². The predicted molar refractivity (Wildman–Crippen MR) is 93.3 cm³/mol. The molecule has 0 radical (unpaired) electrons. The number of rotatable bonds is 7. The molecule has 0 aliphatic heterocycles. The van der Waals surface area contributed by atoms with Crippen LogP contribution >= 0.6 is 11.3 Å². The number of aliphatic hydroxyl groups is 1. The molecule has 126 valence electrons. The predicted octanol–water partition coefficient (Wildman–Crippen LogP) is 3.08. The van der Waals surface area contributed by atoms with Gasteiger partial charge in [-0.3, -0.25) is 9.36 Å². The highest BCUT2D eigenvalue weighted by atomic mass is 32.1. The van der Waals surface area contributed by atoms with Crippen LogP contribution in [0.1, 0.15) is 48.4 Å². The summed E-state index contributed by atoms with van der Waals surface area (Å²) >= 11 is 1.54. The molecule has 0 aliphatic carbocycles. The SMILES string of the molecule is CCC(CC)C(O)CNC(=O)c1cc(C)n(-c2nccs2)c1C. The average molecular weight is 335 g/mol. The Bertz CT molecular complexity index is 645. The fourth-order valence-corrected chi connectivity index (χ4v) is 3.66. The molecule has 0 bridgehead atoms. The molecule has 0 saturated carbocycles. The molecule has 0 spiro atoms. The third-order valence-corrected chi connectivity index (χ3v) is 5.11. The molecule has 0 saturated heterocycles. The summed E-state index contributed by atoms with van der Waals surface area (Å²) < 4.78 is 1.98. The lowest BCUT2D eigenvalue weighted by atomic mass is 9.96. The fraction of sp³-hybridized carbons (Fsp3) is 0.529. The van der Waals surface area contributed by atoms with Crippen molar-refractivity contribution in [2.45, 2.75) is 46.6 Å². The van der Waals surface area contributed by atoms with Crippen LogP contribution in [-0.4, -0.2) is 33.2 Å². The number of aryl methyl sites for hydroxylation is 1. The monoisotopic (exact) mass is 335 g/mol. The summed E-state index contributed by atoms with van der Waals surface area (Å²) in [5.41, 5.74) is 2.48. The van der Waals surface area contributed by atoms with Crippen molar-refractivity contribution in [1.82, 2.24) is 14.9 Å². The van der Waals surface area contributed by atoms with E-state index in [2.05, 4.69) is 24.1 Å². The van der Waals surface area contributed by atoms with Crippen LogP contribution in [0.15, 0.2) is 17.6 Å². The van der Waals surface area contributed by atoms with Gasteiger partial charge in [0.25, 0.3) is 5.91 Å². The summed E-state index contributed by atoms with van der Waals surface area (Å²) in [6, 6.07) is 1.87. The number of carbonyl (C=O) groups is 1. The molecule has 0 aliphatic rings. The number of nitrogens with zero attached hydrogens (tertiary/aromatic N) is 2.